The second kappa shape index (κ2) is 11.9. The lowest BCUT2D eigenvalue weighted by molar-refractivity contribution is -0.133. The molecule has 2 atom stereocenters. The number of anilines is 2. The maximum absolute atomic E-state index is 14.2. The van der Waals surface area contributed by atoms with Crippen molar-refractivity contribution in [2.24, 2.45) is 11.3 Å². The third-order valence-electron chi connectivity index (χ3n) is 10.1. The lowest BCUT2D eigenvalue weighted by atomic mass is 9.99. The van der Waals surface area contributed by atoms with Crippen LogP contribution in [0.1, 0.15) is 67.5 Å². The van der Waals surface area contributed by atoms with Crippen LogP contribution in [-0.2, 0) is 9.53 Å². The molecule has 2 aliphatic heterocycles. The summed E-state index contributed by atoms with van der Waals surface area (Å²) in [6, 6.07) is 13.9. The van der Waals surface area contributed by atoms with E-state index >= 15 is 0 Å². The summed E-state index contributed by atoms with van der Waals surface area (Å²) < 4.78 is 34.7. The molecule has 7 rings (SSSR count). The maximum Gasteiger partial charge on any atom is 0.341 e. The first-order valence-corrected chi connectivity index (χ1v) is 16.4. The summed E-state index contributed by atoms with van der Waals surface area (Å²) >= 11 is 6.49. The van der Waals surface area contributed by atoms with E-state index in [1.807, 2.05) is 18.2 Å². The summed E-state index contributed by atoms with van der Waals surface area (Å²) in [5.74, 6) is -0.150. The number of hydrogen-bond acceptors (Lipinski definition) is 6. The number of piperazine rings is 1. The average Bonchev–Trinajstić information content (AvgIpc) is 3.95. The summed E-state index contributed by atoms with van der Waals surface area (Å²) in [5, 5.41) is 4.83. The first-order chi connectivity index (χ1) is 21.8. The van der Waals surface area contributed by atoms with Gasteiger partial charge >= 0.3 is 5.97 Å². The average molecular weight is 638 g/mol. The maximum atomic E-state index is 14.2. The van der Waals surface area contributed by atoms with Crippen molar-refractivity contribution in [2.45, 2.75) is 51.5 Å². The van der Waals surface area contributed by atoms with Crippen LogP contribution in [0.2, 0.25) is 5.02 Å². The number of benzene rings is 2. The van der Waals surface area contributed by atoms with E-state index in [-0.39, 0.29) is 24.1 Å². The van der Waals surface area contributed by atoms with Crippen LogP contribution in [-0.4, -0.2) is 72.4 Å². The van der Waals surface area contributed by atoms with Crippen LogP contribution in [0.5, 0.6) is 0 Å². The van der Waals surface area contributed by atoms with Crippen LogP contribution in [0.25, 0.3) is 11.1 Å². The molecule has 1 spiro atoms. The largest absolute Gasteiger partial charge is 0.462 e. The van der Waals surface area contributed by atoms with Gasteiger partial charge in [-0.25, -0.2) is 13.6 Å². The highest BCUT2D eigenvalue weighted by atomic mass is 35.5. The van der Waals surface area contributed by atoms with Crippen LogP contribution in [0, 0.1) is 11.3 Å². The van der Waals surface area contributed by atoms with Crippen molar-refractivity contribution >= 4 is 34.9 Å². The van der Waals surface area contributed by atoms with E-state index in [4.69, 9.17) is 16.3 Å². The summed E-state index contributed by atoms with van der Waals surface area (Å²) in [5.41, 5.74) is 3.89. The zero-order valence-corrected chi connectivity index (χ0v) is 26.2. The lowest BCUT2D eigenvalue weighted by Crippen LogP contribution is -2.49. The molecule has 3 aromatic rings. The molecule has 0 N–H and O–H groups in total. The molecule has 3 heterocycles. The molecule has 4 aliphatic rings. The second-order valence-electron chi connectivity index (χ2n) is 12.8. The fourth-order valence-corrected chi connectivity index (χ4v) is 7.46. The summed E-state index contributed by atoms with van der Waals surface area (Å²) in [7, 11) is 0. The Morgan fingerprint density at radius 3 is 2.47 bits per heavy atom. The minimum atomic E-state index is -2.86. The van der Waals surface area contributed by atoms with Crippen LogP contribution < -0.4 is 9.80 Å². The molecule has 0 radical (unpaired) electrons. The number of carbonyl (C=O) groups is 2. The Hall–Kier alpha value is -3.66. The fourth-order valence-electron chi connectivity index (χ4n) is 7.30. The van der Waals surface area contributed by atoms with E-state index in [1.54, 1.807) is 6.92 Å². The Balaban J connectivity index is 1.06. The number of alkyl halides is 2. The molecule has 2 saturated carbocycles. The number of ether oxygens (including phenoxy) is 1. The van der Waals surface area contributed by atoms with Crippen LogP contribution in [0.3, 0.4) is 0 Å². The predicted octanol–water partition coefficient (Wildman–Crippen LogP) is 6.61. The number of rotatable bonds is 8. The van der Waals surface area contributed by atoms with Gasteiger partial charge in [-0.3, -0.25) is 9.48 Å². The van der Waals surface area contributed by atoms with E-state index in [0.717, 1.165) is 68.1 Å². The smallest absolute Gasteiger partial charge is 0.341 e. The highest BCUT2D eigenvalue weighted by Gasteiger charge is 2.66. The number of halogens is 3. The molecule has 11 heteroatoms. The highest BCUT2D eigenvalue weighted by molar-refractivity contribution is 6.31. The minimum Gasteiger partial charge on any atom is -0.462 e. The number of esters is 1. The van der Waals surface area contributed by atoms with Crippen molar-refractivity contribution in [3.63, 3.8) is 0 Å². The van der Waals surface area contributed by atoms with E-state index in [9.17, 15) is 18.4 Å². The van der Waals surface area contributed by atoms with Gasteiger partial charge in [0.05, 0.1) is 18.8 Å². The molecule has 238 valence electrons. The van der Waals surface area contributed by atoms with Crippen LogP contribution >= 0.6 is 11.6 Å². The molecule has 2 aliphatic carbocycles. The molecule has 1 amide bonds. The van der Waals surface area contributed by atoms with E-state index in [2.05, 4.69) is 44.1 Å². The molecule has 8 nitrogen and oxygen atoms in total. The molecule has 2 saturated heterocycles. The zero-order chi connectivity index (χ0) is 31.3. The van der Waals surface area contributed by atoms with Crippen molar-refractivity contribution in [1.29, 1.82) is 0 Å². The van der Waals surface area contributed by atoms with Gasteiger partial charge in [-0.15, -0.1) is 0 Å². The first-order valence-electron chi connectivity index (χ1n) is 16.0. The van der Waals surface area contributed by atoms with Gasteiger partial charge in [0.1, 0.15) is 11.3 Å². The standard InChI is InChI=1S/C34H38ClF2N5O3/c1-2-45-33(44)27-20-38-42(30(27)31(36)37)25-4-3-13-41(21-25)29-18-23(35)7-10-26(29)22-5-8-24(9-6-22)39-14-16-40(17-15-39)32(43)28-19-34(28)11-12-34/h5-10,18,20,25,28,31H,2-4,11-17,19,21H2,1H3. The van der Waals surface area contributed by atoms with Crippen LogP contribution in [0.4, 0.5) is 20.2 Å². The monoisotopic (exact) mass is 637 g/mol. The van der Waals surface area contributed by atoms with Gasteiger partial charge in [-0.05, 0) is 74.3 Å². The SMILES string of the molecule is CCOC(=O)c1cnn(C2CCCN(c3cc(Cl)ccc3-c3ccc(N4CCN(C(=O)C5CC56CC6)CC4)cc3)C2)c1C(F)F. The molecule has 1 aromatic heterocycles. The van der Waals surface area contributed by atoms with Crippen molar-refractivity contribution in [1.82, 2.24) is 14.7 Å². The van der Waals surface area contributed by atoms with Crippen molar-refractivity contribution in [3.8, 4) is 11.1 Å². The Bertz CT molecular complexity index is 1580. The van der Waals surface area contributed by atoms with Gasteiger partial charge in [0.2, 0.25) is 5.91 Å². The molecule has 2 unspecified atom stereocenters. The molecular weight excluding hydrogens is 600 g/mol. The third kappa shape index (κ3) is 5.77. The van der Waals surface area contributed by atoms with E-state index < -0.39 is 18.1 Å². The molecule has 0 bridgehead atoms. The number of hydrogen-bond donors (Lipinski definition) is 0. The van der Waals surface area contributed by atoms with Gasteiger partial charge < -0.3 is 19.4 Å². The van der Waals surface area contributed by atoms with Crippen molar-refractivity contribution in [3.05, 3.63) is 64.9 Å². The topological polar surface area (TPSA) is 70.9 Å². The van der Waals surface area contributed by atoms with Gasteiger partial charge in [0.15, 0.2) is 0 Å². The van der Waals surface area contributed by atoms with E-state index in [0.29, 0.717) is 29.3 Å². The van der Waals surface area contributed by atoms with Gasteiger partial charge in [-0.2, -0.15) is 5.10 Å². The van der Waals surface area contributed by atoms with Crippen molar-refractivity contribution < 1.29 is 23.1 Å². The Morgan fingerprint density at radius 2 is 1.80 bits per heavy atom. The number of aromatic nitrogens is 2. The fraction of sp³-hybridized carbons (Fsp3) is 0.500. The minimum absolute atomic E-state index is 0.0982. The number of nitrogens with zero attached hydrogens (tertiary/aromatic N) is 5. The van der Waals surface area contributed by atoms with Gasteiger partial charge in [0, 0.05) is 67.1 Å². The quantitative estimate of drug-likeness (QED) is 0.259. The molecule has 4 fully saturated rings. The first kappa shape index (κ1) is 30.0. The lowest BCUT2D eigenvalue weighted by Gasteiger charge is -2.37. The number of carbonyl (C=O) groups excluding carboxylic acids is 2. The Kier molecular flexibility index (Phi) is 7.96. The summed E-state index contributed by atoms with van der Waals surface area (Å²) in [6.07, 6.45) is 3.30. The Morgan fingerprint density at radius 1 is 1.04 bits per heavy atom. The van der Waals surface area contributed by atoms with Gasteiger partial charge in [-0.1, -0.05) is 29.8 Å². The second-order valence-corrected chi connectivity index (χ2v) is 13.2. The predicted molar refractivity (Wildman–Crippen MR) is 169 cm³/mol. The Labute approximate surface area is 266 Å². The van der Waals surface area contributed by atoms with Crippen LogP contribution in [0.15, 0.2) is 48.7 Å². The third-order valence-corrected chi connectivity index (χ3v) is 10.3. The summed E-state index contributed by atoms with van der Waals surface area (Å²) in [4.78, 5) is 31.8. The summed E-state index contributed by atoms with van der Waals surface area (Å²) in [6.45, 7) is 6.08. The molecular formula is C34H38ClF2N5O3. The van der Waals surface area contributed by atoms with E-state index in [1.165, 1.54) is 23.7 Å². The zero-order valence-electron chi connectivity index (χ0n) is 25.4. The number of amides is 1. The van der Waals surface area contributed by atoms with Crippen molar-refractivity contribution in [2.75, 3.05) is 55.7 Å². The number of piperidine rings is 1. The highest BCUT2D eigenvalue weighted by Crippen LogP contribution is 2.71. The molecule has 2 aromatic carbocycles. The normalized spacial score (nSPS) is 22.2. The molecule has 45 heavy (non-hydrogen) atoms. The van der Waals surface area contributed by atoms with Gasteiger partial charge in [0.25, 0.3) is 6.43 Å².